The number of nitrogens with zero attached hydrogens (tertiary/aromatic N) is 6. The van der Waals surface area contributed by atoms with Crippen LogP contribution in [0.15, 0.2) is 22.4 Å². The van der Waals surface area contributed by atoms with Crippen molar-refractivity contribution in [3.05, 3.63) is 22.8 Å². The molecule has 0 spiro atoms. The third-order valence-electron chi connectivity index (χ3n) is 1.75. The Morgan fingerprint density at radius 1 is 1.56 bits per heavy atom. The average molecular weight is 253 g/mol. The van der Waals surface area contributed by atoms with Gasteiger partial charge in [0.05, 0.1) is 10.6 Å². The Morgan fingerprint density at radius 3 is 3.00 bits per heavy atom. The molecule has 8 heteroatoms. The summed E-state index contributed by atoms with van der Waals surface area (Å²) in [5.41, 5.74) is 0.384. The van der Waals surface area contributed by atoms with Gasteiger partial charge in [0.15, 0.2) is 0 Å². The first-order valence-electron chi connectivity index (χ1n) is 4.17. The first-order valence-corrected chi connectivity index (χ1v) is 5.36. The number of hydrogen-bond acceptors (Lipinski definition) is 6. The van der Waals surface area contributed by atoms with Crippen molar-refractivity contribution in [1.29, 1.82) is 5.26 Å². The SMILES string of the molecule is Cn1nnnc1Sc1nccc(C#N)c1Cl. The number of nitriles is 1. The molecule has 0 radical (unpaired) electrons. The van der Waals surface area contributed by atoms with Gasteiger partial charge in [-0.25, -0.2) is 9.67 Å². The Balaban J connectivity index is 2.36. The Morgan fingerprint density at radius 2 is 2.38 bits per heavy atom. The van der Waals surface area contributed by atoms with Crippen LogP contribution in [0, 0.1) is 11.3 Å². The highest BCUT2D eigenvalue weighted by atomic mass is 35.5. The van der Waals surface area contributed by atoms with Crippen molar-refractivity contribution >= 4 is 23.4 Å². The Bertz CT molecular complexity index is 560. The van der Waals surface area contributed by atoms with Gasteiger partial charge in [-0.05, 0) is 28.3 Å². The van der Waals surface area contributed by atoms with E-state index in [4.69, 9.17) is 16.9 Å². The van der Waals surface area contributed by atoms with E-state index in [-0.39, 0.29) is 0 Å². The van der Waals surface area contributed by atoms with Crippen molar-refractivity contribution in [2.45, 2.75) is 10.2 Å². The maximum atomic E-state index is 8.81. The van der Waals surface area contributed by atoms with Crippen LogP contribution >= 0.6 is 23.4 Å². The average Bonchev–Trinajstić information content (AvgIpc) is 2.68. The standard InChI is InChI=1S/C8H5ClN6S/c1-15-8(12-13-14-15)16-7-6(9)5(4-10)2-3-11-7/h2-3H,1H3. The Labute approximate surface area is 100 Å². The minimum Gasteiger partial charge on any atom is -0.248 e. The number of pyridine rings is 1. The molecule has 0 aliphatic carbocycles. The lowest BCUT2D eigenvalue weighted by Crippen LogP contribution is -1.94. The minimum atomic E-state index is 0.318. The van der Waals surface area contributed by atoms with E-state index < -0.39 is 0 Å². The molecule has 0 saturated heterocycles. The summed E-state index contributed by atoms with van der Waals surface area (Å²) in [7, 11) is 1.71. The largest absolute Gasteiger partial charge is 0.248 e. The van der Waals surface area contributed by atoms with E-state index >= 15 is 0 Å². The summed E-state index contributed by atoms with van der Waals surface area (Å²) in [6, 6.07) is 3.54. The van der Waals surface area contributed by atoms with Gasteiger partial charge in [-0.3, -0.25) is 0 Å². The predicted octanol–water partition coefficient (Wildman–Crippen LogP) is 1.28. The second-order valence-electron chi connectivity index (χ2n) is 2.78. The third-order valence-corrected chi connectivity index (χ3v) is 3.27. The van der Waals surface area contributed by atoms with E-state index in [9.17, 15) is 0 Å². The van der Waals surface area contributed by atoms with Crippen molar-refractivity contribution in [2.24, 2.45) is 7.05 Å². The normalized spacial score (nSPS) is 10.1. The van der Waals surface area contributed by atoms with E-state index in [0.717, 1.165) is 0 Å². The third kappa shape index (κ3) is 1.98. The van der Waals surface area contributed by atoms with Gasteiger partial charge >= 0.3 is 0 Å². The van der Waals surface area contributed by atoms with E-state index in [1.807, 2.05) is 6.07 Å². The molecular weight excluding hydrogens is 248 g/mol. The molecule has 2 aromatic rings. The number of aromatic nitrogens is 5. The number of hydrogen-bond donors (Lipinski definition) is 0. The van der Waals surface area contributed by atoms with Crippen molar-refractivity contribution in [3.8, 4) is 6.07 Å². The molecule has 0 atom stereocenters. The summed E-state index contributed by atoms with van der Waals surface area (Å²) >= 11 is 7.20. The molecule has 0 unspecified atom stereocenters. The Hall–Kier alpha value is -1.65. The van der Waals surface area contributed by atoms with Crippen LogP contribution in [0.5, 0.6) is 0 Å². The highest BCUT2D eigenvalue weighted by Gasteiger charge is 2.12. The molecule has 0 N–H and O–H groups in total. The zero-order valence-electron chi connectivity index (χ0n) is 8.12. The van der Waals surface area contributed by atoms with E-state index in [2.05, 4.69) is 20.5 Å². The lowest BCUT2D eigenvalue weighted by Gasteiger charge is -2.01. The fourth-order valence-electron chi connectivity index (χ4n) is 0.976. The van der Waals surface area contributed by atoms with E-state index in [1.165, 1.54) is 22.6 Å². The van der Waals surface area contributed by atoms with Crippen molar-refractivity contribution < 1.29 is 0 Å². The minimum absolute atomic E-state index is 0.318. The number of tetrazole rings is 1. The van der Waals surface area contributed by atoms with Crippen LogP contribution in [0.25, 0.3) is 0 Å². The fourth-order valence-corrected chi connectivity index (χ4v) is 1.98. The number of aryl methyl sites for hydroxylation is 1. The molecule has 0 aliphatic rings. The number of halogens is 1. The van der Waals surface area contributed by atoms with Crippen LogP contribution in [0.2, 0.25) is 5.02 Å². The van der Waals surface area contributed by atoms with Crippen LogP contribution < -0.4 is 0 Å². The summed E-state index contributed by atoms with van der Waals surface area (Å²) in [5, 5.41) is 21.2. The van der Waals surface area contributed by atoms with Crippen LogP contribution in [0.1, 0.15) is 5.56 Å². The molecule has 0 amide bonds. The molecule has 16 heavy (non-hydrogen) atoms. The zero-order chi connectivity index (χ0) is 11.5. The molecule has 0 aromatic carbocycles. The fraction of sp³-hybridized carbons (Fsp3) is 0.125. The monoisotopic (exact) mass is 252 g/mol. The highest BCUT2D eigenvalue weighted by Crippen LogP contribution is 2.31. The Kier molecular flexibility index (Phi) is 3.03. The smallest absolute Gasteiger partial charge is 0.215 e. The quantitative estimate of drug-likeness (QED) is 0.801. The van der Waals surface area contributed by atoms with Crippen LogP contribution in [0.4, 0.5) is 0 Å². The maximum Gasteiger partial charge on any atom is 0.215 e. The first-order chi connectivity index (χ1) is 7.72. The van der Waals surface area contributed by atoms with Gasteiger partial charge in [-0.15, -0.1) is 5.10 Å². The van der Waals surface area contributed by atoms with Gasteiger partial charge in [0.25, 0.3) is 0 Å². The van der Waals surface area contributed by atoms with Crippen LogP contribution in [-0.2, 0) is 7.05 Å². The second kappa shape index (κ2) is 4.47. The lowest BCUT2D eigenvalue weighted by molar-refractivity contribution is 0.664. The summed E-state index contributed by atoms with van der Waals surface area (Å²) in [6.45, 7) is 0. The van der Waals surface area contributed by atoms with Crippen LogP contribution in [-0.4, -0.2) is 25.2 Å². The molecular formula is C8H5ClN6S. The van der Waals surface area contributed by atoms with Crippen LogP contribution in [0.3, 0.4) is 0 Å². The molecule has 0 saturated carbocycles. The molecule has 2 aromatic heterocycles. The van der Waals surface area contributed by atoms with Gasteiger partial charge in [0.1, 0.15) is 11.1 Å². The summed E-state index contributed by atoms with van der Waals surface area (Å²) in [6.07, 6.45) is 1.52. The van der Waals surface area contributed by atoms with E-state index in [0.29, 0.717) is 20.8 Å². The number of rotatable bonds is 2. The molecule has 80 valence electrons. The highest BCUT2D eigenvalue weighted by molar-refractivity contribution is 7.99. The van der Waals surface area contributed by atoms with Crippen molar-refractivity contribution in [1.82, 2.24) is 25.2 Å². The molecule has 6 nitrogen and oxygen atoms in total. The van der Waals surface area contributed by atoms with Gasteiger partial charge in [-0.1, -0.05) is 11.6 Å². The van der Waals surface area contributed by atoms with Crippen molar-refractivity contribution in [3.63, 3.8) is 0 Å². The second-order valence-corrected chi connectivity index (χ2v) is 4.11. The van der Waals surface area contributed by atoms with E-state index in [1.54, 1.807) is 13.1 Å². The molecule has 0 fully saturated rings. The predicted molar refractivity (Wildman–Crippen MR) is 56.9 cm³/mol. The zero-order valence-corrected chi connectivity index (χ0v) is 9.70. The molecule has 0 bridgehead atoms. The van der Waals surface area contributed by atoms with Gasteiger partial charge in [0.2, 0.25) is 5.16 Å². The molecule has 0 aliphatic heterocycles. The van der Waals surface area contributed by atoms with Crippen molar-refractivity contribution in [2.75, 3.05) is 0 Å². The molecule has 2 heterocycles. The molecule has 2 rings (SSSR count). The first kappa shape index (κ1) is 10.9. The van der Waals surface area contributed by atoms with Gasteiger partial charge in [0, 0.05) is 13.2 Å². The summed E-state index contributed by atoms with van der Waals surface area (Å²) in [4.78, 5) is 4.07. The topological polar surface area (TPSA) is 80.3 Å². The summed E-state index contributed by atoms with van der Waals surface area (Å²) < 4.78 is 1.50. The van der Waals surface area contributed by atoms with Gasteiger partial charge in [-0.2, -0.15) is 5.26 Å². The van der Waals surface area contributed by atoms with Gasteiger partial charge < -0.3 is 0 Å². The lowest BCUT2D eigenvalue weighted by atomic mass is 10.3. The summed E-state index contributed by atoms with van der Waals surface area (Å²) in [5.74, 6) is 0. The maximum absolute atomic E-state index is 8.81.